The summed E-state index contributed by atoms with van der Waals surface area (Å²) in [5, 5.41) is 15.2. The fourth-order valence-electron chi connectivity index (χ4n) is 4.60. The van der Waals surface area contributed by atoms with Gasteiger partial charge in [0, 0.05) is 24.4 Å². The third kappa shape index (κ3) is 2.88. The number of hydrogen-bond acceptors (Lipinski definition) is 4. The molecule has 2 bridgehead atoms. The van der Waals surface area contributed by atoms with Gasteiger partial charge >= 0.3 is 0 Å². The van der Waals surface area contributed by atoms with Crippen LogP contribution in [-0.2, 0) is 9.59 Å². The molecule has 0 aromatic rings. The highest BCUT2D eigenvalue weighted by molar-refractivity contribution is 5.83. The molecule has 7 heteroatoms. The molecule has 4 aliphatic rings. The molecule has 1 saturated heterocycles. The van der Waals surface area contributed by atoms with Crippen LogP contribution >= 0.6 is 0 Å². The first-order valence-corrected chi connectivity index (χ1v) is 8.74. The van der Waals surface area contributed by atoms with Gasteiger partial charge in [-0.1, -0.05) is 0 Å². The third-order valence-electron chi connectivity index (χ3n) is 6.29. The number of likely N-dealkylation sites (tertiary alicyclic amines) is 1. The van der Waals surface area contributed by atoms with Crippen LogP contribution in [0.1, 0.15) is 44.9 Å². The predicted octanol–water partition coefficient (Wildman–Crippen LogP) is 0.878. The van der Waals surface area contributed by atoms with Gasteiger partial charge in [0.25, 0.3) is 0 Å². The van der Waals surface area contributed by atoms with Gasteiger partial charge in [-0.3, -0.25) is 9.59 Å². The van der Waals surface area contributed by atoms with Crippen molar-refractivity contribution in [3.63, 3.8) is 0 Å². The van der Waals surface area contributed by atoms with Crippen LogP contribution in [0, 0.1) is 16.7 Å². The van der Waals surface area contributed by atoms with Crippen molar-refractivity contribution in [2.75, 3.05) is 20.1 Å². The number of fused-ring (bicyclic) bond motifs is 3. The van der Waals surface area contributed by atoms with Crippen molar-refractivity contribution in [1.29, 1.82) is 5.26 Å². The van der Waals surface area contributed by atoms with Crippen LogP contribution in [0.2, 0.25) is 0 Å². The van der Waals surface area contributed by atoms with Crippen molar-refractivity contribution in [3.05, 3.63) is 0 Å². The molecule has 0 radical (unpaired) electrons. The number of nitriles is 1. The Balaban J connectivity index is 1.56. The van der Waals surface area contributed by atoms with Crippen LogP contribution in [0.5, 0.6) is 0 Å². The van der Waals surface area contributed by atoms with E-state index in [2.05, 4.69) is 10.6 Å². The SMILES string of the molecule is CNC(=O)C12CCC(NCC(=O)N3C[C@@H](F)C[C@H]3C#N)(CC1)CC2. The second kappa shape index (κ2) is 6.32. The number of hydrogen-bond donors (Lipinski definition) is 2. The smallest absolute Gasteiger partial charge is 0.237 e. The minimum Gasteiger partial charge on any atom is -0.359 e. The van der Waals surface area contributed by atoms with Crippen LogP contribution in [-0.4, -0.2) is 54.6 Å². The minimum absolute atomic E-state index is 0.0194. The lowest BCUT2D eigenvalue weighted by molar-refractivity contribution is -0.139. The average Bonchev–Trinajstić information content (AvgIpc) is 3.01. The van der Waals surface area contributed by atoms with Crippen LogP contribution in [0.15, 0.2) is 0 Å². The van der Waals surface area contributed by atoms with Crippen molar-refractivity contribution in [3.8, 4) is 6.07 Å². The van der Waals surface area contributed by atoms with E-state index in [0.29, 0.717) is 0 Å². The third-order valence-corrected chi connectivity index (χ3v) is 6.29. The Hall–Kier alpha value is -1.68. The molecule has 4 fully saturated rings. The number of rotatable bonds is 4. The molecule has 2 atom stereocenters. The van der Waals surface area contributed by atoms with E-state index in [0.717, 1.165) is 38.5 Å². The normalized spacial score (nSPS) is 38.0. The van der Waals surface area contributed by atoms with E-state index in [-0.39, 0.29) is 42.3 Å². The molecule has 1 aliphatic heterocycles. The molecule has 3 aliphatic carbocycles. The summed E-state index contributed by atoms with van der Waals surface area (Å²) >= 11 is 0. The minimum atomic E-state index is -1.10. The van der Waals surface area contributed by atoms with E-state index in [1.807, 2.05) is 6.07 Å². The maximum atomic E-state index is 13.5. The molecular weight excluding hydrogens is 311 g/mol. The zero-order valence-electron chi connectivity index (χ0n) is 14.1. The second-order valence-corrected chi connectivity index (χ2v) is 7.52. The van der Waals surface area contributed by atoms with Crippen molar-refractivity contribution in [2.45, 2.75) is 62.7 Å². The van der Waals surface area contributed by atoms with Gasteiger partial charge in [0.2, 0.25) is 11.8 Å². The van der Waals surface area contributed by atoms with Gasteiger partial charge in [0.15, 0.2) is 0 Å². The van der Waals surface area contributed by atoms with Crippen LogP contribution in [0.3, 0.4) is 0 Å². The molecule has 0 spiro atoms. The summed E-state index contributed by atoms with van der Waals surface area (Å²) in [5.74, 6) is -0.0698. The standard InChI is InChI=1S/C17H25FN4O2/c1-20-15(24)16-2-5-17(6-3-16,7-4-16)21-10-14(23)22-11-12(18)8-13(22)9-19/h12-13,21H,2-8,10-11H2,1H3,(H,20,24)/t12-,13-,16?,17?/m0/s1. The second-order valence-electron chi connectivity index (χ2n) is 7.52. The van der Waals surface area contributed by atoms with Gasteiger partial charge in [0.1, 0.15) is 12.2 Å². The van der Waals surface area contributed by atoms with E-state index >= 15 is 0 Å². The van der Waals surface area contributed by atoms with Crippen molar-refractivity contribution in [1.82, 2.24) is 15.5 Å². The van der Waals surface area contributed by atoms with Crippen LogP contribution < -0.4 is 10.6 Å². The molecule has 6 nitrogen and oxygen atoms in total. The summed E-state index contributed by atoms with van der Waals surface area (Å²) in [7, 11) is 1.68. The lowest BCUT2D eigenvalue weighted by Gasteiger charge is -2.52. The Bertz CT molecular complexity index is 549. The quantitative estimate of drug-likeness (QED) is 0.798. The summed E-state index contributed by atoms with van der Waals surface area (Å²) in [6.07, 6.45) is 4.15. The number of halogens is 1. The molecule has 0 aromatic carbocycles. The first-order valence-electron chi connectivity index (χ1n) is 8.74. The summed E-state index contributed by atoms with van der Waals surface area (Å²) < 4.78 is 13.5. The molecule has 3 saturated carbocycles. The Morgan fingerprint density at radius 3 is 2.42 bits per heavy atom. The molecule has 1 heterocycles. The van der Waals surface area contributed by atoms with Crippen molar-refractivity contribution < 1.29 is 14.0 Å². The molecule has 0 aromatic heterocycles. The Morgan fingerprint density at radius 1 is 1.25 bits per heavy atom. The van der Waals surface area contributed by atoms with Crippen LogP contribution in [0.4, 0.5) is 4.39 Å². The van der Waals surface area contributed by atoms with E-state index in [1.54, 1.807) is 7.05 Å². The summed E-state index contributed by atoms with van der Waals surface area (Å²) in [4.78, 5) is 25.9. The van der Waals surface area contributed by atoms with Crippen LogP contribution in [0.25, 0.3) is 0 Å². The first-order chi connectivity index (χ1) is 11.4. The number of amides is 2. The van der Waals surface area contributed by atoms with E-state index in [4.69, 9.17) is 5.26 Å². The molecule has 0 unspecified atom stereocenters. The Labute approximate surface area is 141 Å². The number of alkyl halides is 1. The van der Waals surface area contributed by atoms with Gasteiger partial charge in [-0.25, -0.2) is 4.39 Å². The highest BCUT2D eigenvalue weighted by atomic mass is 19.1. The average molecular weight is 336 g/mol. The molecule has 2 N–H and O–H groups in total. The van der Waals surface area contributed by atoms with Gasteiger partial charge in [-0.05, 0) is 38.5 Å². The topological polar surface area (TPSA) is 85.2 Å². The Kier molecular flexibility index (Phi) is 4.52. The maximum Gasteiger partial charge on any atom is 0.237 e. The van der Waals surface area contributed by atoms with Gasteiger partial charge < -0.3 is 15.5 Å². The zero-order chi connectivity index (χ0) is 17.4. The maximum absolute atomic E-state index is 13.5. The summed E-state index contributed by atoms with van der Waals surface area (Å²) in [6.45, 7) is 0.156. The van der Waals surface area contributed by atoms with E-state index < -0.39 is 12.2 Å². The lowest BCUT2D eigenvalue weighted by atomic mass is 9.57. The number of carbonyl (C=O) groups excluding carboxylic acids is 2. The molecule has 132 valence electrons. The Morgan fingerprint density at radius 2 is 1.88 bits per heavy atom. The van der Waals surface area contributed by atoms with Crippen molar-refractivity contribution >= 4 is 11.8 Å². The fourth-order valence-corrected chi connectivity index (χ4v) is 4.60. The molecule has 4 rings (SSSR count). The highest BCUT2D eigenvalue weighted by Crippen LogP contribution is 2.52. The molecular formula is C17H25FN4O2. The zero-order valence-corrected chi connectivity index (χ0v) is 14.1. The monoisotopic (exact) mass is 336 g/mol. The fraction of sp³-hybridized carbons (Fsp3) is 0.824. The number of carbonyl (C=O) groups is 2. The summed E-state index contributed by atoms with van der Waals surface area (Å²) in [5.41, 5.74) is -0.326. The highest BCUT2D eigenvalue weighted by Gasteiger charge is 2.52. The number of nitrogens with one attached hydrogen (secondary N) is 2. The van der Waals surface area contributed by atoms with E-state index in [9.17, 15) is 14.0 Å². The predicted molar refractivity (Wildman–Crippen MR) is 85.6 cm³/mol. The largest absolute Gasteiger partial charge is 0.359 e. The molecule has 24 heavy (non-hydrogen) atoms. The van der Waals surface area contributed by atoms with Crippen molar-refractivity contribution in [2.24, 2.45) is 5.41 Å². The van der Waals surface area contributed by atoms with Gasteiger partial charge in [-0.2, -0.15) is 5.26 Å². The first kappa shape index (κ1) is 17.2. The lowest BCUT2D eigenvalue weighted by Crippen LogP contribution is -2.59. The van der Waals surface area contributed by atoms with Gasteiger partial charge in [-0.15, -0.1) is 0 Å². The summed E-state index contributed by atoms with van der Waals surface area (Å²) in [6, 6.07) is 1.36. The van der Waals surface area contributed by atoms with Gasteiger partial charge in [0.05, 0.1) is 19.2 Å². The van der Waals surface area contributed by atoms with E-state index in [1.165, 1.54) is 4.90 Å². The number of nitrogens with zero attached hydrogens (tertiary/aromatic N) is 2. The molecule has 2 amide bonds.